The molecular formula is C16H19BrN2O2. The number of hydrogen-bond donors (Lipinski definition) is 1. The summed E-state index contributed by atoms with van der Waals surface area (Å²) in [6.07, 6.45) is 7.12. The lowest BCUT2D eigenvalue weighted by Gasteiger charge is -2.09. The van der Waals surface area contributed by atoms with Gasteiger partial charge in [-0.2, -0.15) is 5.10 Å². The van der Waals surface area contributed by atoms with Gasteiger partial charge in [-0.25, -0.2) is 0 Å². The second-order valence-electron chi connectivity index (χ2n) is 5.43. The van der Waals surface area contributed by atoms with Gasteiger partial charge in [0, 0.05) is 10.7 Å². The predicted octanol–water partition coefficient (Wildman–Crippen LogP) is 3.83. The van der Waals surface area contributed by atoms with Crippen LogP contribution in [0.2, 0.25) is 0 Å². The number of aliphatic hydroxyl groups excluding tert-OH is 1. The van der Waals surface area contributed by atoms with Crippen LogP contribution in [0.4, 0.5) is 0 Å². The van der Waals surface area contributed by atoms with E-state index >= 15 is 0 Å². The maximum Gasteiger partial charge on any atom is 0.132 e. The van der Waals surface area contributed by atoms with Crippen LogP contribution >= 0.6 is 15.9 Å². The standard InChI is InChI=1S/C16H19BrN2O2/c17-16-6-5-15(9-12(16)10-20)21-11-13-7-8-19(18-13)14-3-1-2-4-14/h5-9,14,20H,1-4,10-11H2. The summed E-state index contributed by atoms with van der Waals surface area (Å²) in [5.74, 6) is 0.748. The van der Waals surface area contributed by atoms with Crippen LogP contribution in [0.1, 0.15) is 43.0 Å². The predicted molar refractivity (Wildman–Crippen MR) is 84.1 cm³/mol. The Bertz CT molecular complexity index is 606. The summed E-state index contributed by atoms with van der Waals surface area (Å²) >= 11 is 3.40. The summed E-state index contributed by atoms with van der Waals surface area (Å²) in [7, 11) is 0. The van der Waals surface area contributed by atoms with Gasteiger partial charge in [0.05, 0.1) is 18.3 Å². The Labute approximate surface area is 132 Å². The number of nitrogens with zero attached hydrogens (tertiary/aromatic N) is 2. The van der Waals surface area contributed by atoms with Gasteiger partial charge >= 0.3 is 0 Å². The molecule has 0 saturated heterocycles. The number of aliphatic hydroxyl groups is 1. The van der Waals surface area contributed by atoms with E-state index < -0.39 is 0 Å². The van der Waals surface area contributed by atoms with Crippen molar-refractivity contribution in [3.05, 3.63) is 46.2 Å². The van der Waals surface area contributed by atoms with Crippen molar-refractivity contribution in [2.75, 3.05) is 0 Å². The molecular weight excluding hydrogens is 332 g/mol. The topological polar surface area (TPSA) is 47.3 Å². The molecule has 5 heteroatoms. The van der Waals surface area contributed by atoms with E-state index in [1.165, 1.54) is 25.7 Å². The number of benzene rings is 1. The molecule has 0 unspecified atom stereocenters. The smallest absolute Gasteiger partial charge is 0.132 e. The van der Waals surface area contributed by atoms with E-state index in [1.54, 1.807) is 0 Å². The normalized spacial score (nSPS) is 15.5. The van der Waals surface area contributed by atoms with Crippen molar-refractivity contribution in [1.29, 1.82) is 0 Å². The molecule has 1 heterocycles. The van der Waals surface area contributed by atoms with Crippen LogP contribution in [-0.2, 0) is 13.2 Å². The van der Waals surface area contributed by atoms with Crippen molar-refractivity contribution in [2.45, 2.75) is 44.9 Å². The molecule has 1 N–H and O–H groups in total. The average Bonchev–Trinajstić information content (AvgIpc) is 3.17. The Hall–Kier alpha value is -1.33. The molecule has 2 aromatic rings. The van der Waals surface area contributed by atoms with Crippen molar-refractivity contribution in [2.24, 2.45) is 0 Å². The Kier molecular flexibility index (Phi) is 4.60. The zero-order chi connectivity index (χ0) is 14.7. The number of rotatable bonds is 5. The van der Waals surface area contributed by atoms with Crippen molar-refractivity contribution in [3.63, 3.8) is 0 Å². The second kappa shape index (κ2) is 6.62. The minimum absolute atomic E-state index is 0.00586. The van der Waals surface area contributed by atoms with Crippen LogP contribution in [0.3, 0.4) is 0 Å². The number of aromatic nitrogens is 2. The molecule has 21 heavy (non-hydrogen) atoms. The van der Waals surface area contributed by atoms with E-state index in [9.17, 15) is 5.11 Å². The molecule has 1 saturated carbocycles. The first kappa shape index (κ1) is 14.6. The quantitative estimate of drug-likeness (QED) is 0.891. The van der Waals surface area contributed by atoms with E-state index in [-0.39, 0.29) is 6.61 Å². The van der Waals surface area contributed by atoms with Crippen molar-refractivity contribution in [1.82, 2.24) is 9.78 Å². The highest BCUT2D eigenvalue weighted by Crippen LogP contribution is 2.29. The highest BCUT2D eigenvalue weighted by Gasteiger charge is 2.17. The second-order valence-corrected chi connectivity index (χ2v) is 6.28. The lowest BCUT2D eigenvalue weighted by Crippen LogP contribution is -2.06. The zero-order valence-corrected chi connectivity index (χ0v) is 13.4. The summed E-state index contributed by atoms with van der Waals surface area (Å²) < 4.78 is 8.73. The third-order valence-corrected chi connectivity index (χ3v) is 4.71. The molecule has 1 aromatic heterocycles. The first-order valence-corrected chi connectivity index (χ1v) is 8.11. The van der Waals surface area contributed by atoms with Gasteiger partial charge in [-0.05, 0) is 42.7 Å². The number of ether oxygens (including phenoxy) is 1. The van der Waals surface area contributed by atoms with Gasteiger partial charge in [0.2, 0.25) is 0 Å². The van der Waals surface area contributed by atoms with Gasteiger partial charge in [-0.15, -0.1) is 0 Å². The largest absolute Gasteiger partial charge is 0.487 e. The van der Waals surface area contributed by atoms with Gasteiger partial charge in [0.25, 0.3) is 0 Å². The van der Waals surface area contributed by atoms with Crippen molar-refractivity contribution in [3.8, 4) is 5.75 Å². The lowest BCUT2D eigenvalue weighted by molar-refractivity contribution is 0.276. The molecule has 3 rings (SSSR count). The monoisotopic (exact) mass is 350 g/mol. The summed E-state index contributed by atoms with van der Waals surface area (Å²) in [6, 6.07) is 8.20. The summed E-state index contributed by atoms with van der Waals surface area (Å²) in [4.78, 5) is 0. The highest BCUT2D eigenvalue weighted by molar-refractivity contribution is 9.10. The van der Waals surface area contributed by atoms with E-state index in [4.69, 9.17) is 4.74 Å². The first-order chi connectivity index (χ1) is 10.3. The van der Waals surface area contributed by atoms with E-state index in [0.29, 0.717) is 12.6 Å². The SMILES string of the molecule is OCc1cc(OCc2ccn(C3CCCC3)n2)ccc1Br. The Morgan fingerprint density at radius 2 is 2.10 bits per heavy atom. The fraction of sp³-hybridized carbons (Fsp3) is 0.438. The molecule has 1 aliphatic rings. The Morgan fingerprint density at radius 3 is 2.86 bits per heavy atom. The molecule has 1 aliphatic carbocycles. The summed E-state index contributed by atoms with van der Waals surface area (Å²) in [5.41, 5.74) is 1.76. The van der Waals surface area contributed by atoms with Crippen molar-refractivity contribution < 1.29 is 9.84 Å². The number of hydrogen-bond acceptors (Lipinski definition) is 3. The maximum absolute atomic E-state index is 9.25. The van der Waals surface area contributed by atoms with Crippen LogP contribution < -0.4 is 4.74 Å². The minimum Gasteiger partial charge on any atom is -0.487 e. The molecule has 0 spiro atoms. The average molecular weight is 351 g/mol. The summed E-state index contributed by atoms with van der Waals surface area (Å²) in [5, 5.41) is 13.9. The van der Waals surface area contributed by atoms with Crippen LogP contribution in [0, 0.1) is 0 Å². The molecule has 0 radical (unpaired) electrons. The molecule has 0 atom stereocenters. The van der Waals surface area contributed by atoms with Gasteiger partial charge < -0.3 is 9.84 Å². The third-order valence-electron chi connectivity index (χ3n) is 3.94. The molecule has 1 fully saturated rings. The van der Waals surface area contributed by atoms with E-state index in [2.05, 4.69) is 31.9 Å². The zero-order valence-electron chi connectivity index (χ0n) is 11.8. The van der Waals surface area contributed by atoms with Crippen molar-refractivity contribution >= 4 is 15.9 Å². The van der Waals surface area contributed by atoms with Gasteiger partial charge in [-0.1, -0.05) is 28.8 Å². The maximum atomic E-state index is 9.25. The Balaban J connectivity index is 1.62. The first-order valence-electron chi connectivity index (χ1n) is 7.32. The highest BCUT2D eigenvalue weighted by atomic mass is 79.9. The fourth-order valence-electron chi connectivity index (χ4n) is 2.75. The molecule has 1 aromatic carbocycles. The number of halogens is 1. The van der Waals surface area contributed by atoms with Crippen LogP contribution in [-0.4, -0.2) is 14.9 Å². The van der Waals surface area contributed by atoms with E-state index in [0.717, 1.165) is 21.5 Å². The van der Waals surface area contributed by atoms with E-state index in [1.807, 2.05) is 24.3 Å². The molecule has 4 nitrogen and oxygen atoms in total. The third kappa shape index (κ3) is 3.47. The minimum atomic E-state index is -0.00586. The van der Waals surface area contributed by atoms with Gasteiger partial charge in [0.1, 0.15) is 12.4 Å². The molecule has 0 aliphatic heterocycles. The lowest BCUT2D eigenvalue weighted by atomic mass is 10.2. The van der Waals surface area contributed by atoms with Gasteiger partial charge in [0.15, 0.2) is 0 Å². The summed E-state index contributed by atoms with van der Waals surface area (Å²) in [6.45, 7) is 0.445. The van der Waals surface area contributed by atoms with Crippen LogP contribution in [0.5, 0.6) is 5.75 Å². The molecule has 112 valence electrons. The molecule has 0 bridgehead atoms. The fourth-order valence-corrected chi connectivity index (χ4v) is 3.12. The molecule has 0 amide bonds. The Morgan fingerprint density at radius 1 is 1.29 bits per heavy atom. The van der Waals surface area contributed by atoms with Crippen LogP contribution in [0.15, 0.2) is 34.9 Å². The van der Waals surface area contributed by atoms with Gasteiger partial charge in [-0.3, -0.25) is 4.68 Å². The van der Waals surface area contributed by atoms with Crippen LogP contribution in [0.25, 0.3) is 0 Å².